The first-order valence-corrected chi connectivity index (χ1v) is 9.73. The Morgan fingerprint density at radius 2 is 2.04 bits per heavy atom. The van der Waals surface area contributed by atoms with E-state index in [9.17, 15) is 4.79 Å². The monoisotopic (exact) mass is 400 g/mol. The van der Waals surface area contributed by atoms with Gasteiger partial charge in [-0.1, -0.05) is 58.4 Å². The quantitative estimate of drug-likeness (QED) is 0.798. The van der Waals surface area contributed by atoms with Gasteiger partial charge in [0.2, 0.25) is 5.91 Å². The van der Waals surface area contributed by atoms with Crippen LogP contribution in [0.3, 0.4) is 0 Å². The minimum Gasteiger partial charge on any atom is -0.349 e. The summed E-state index contributed by atoms with van der Waals surface area (Å²) < 4.78 is 1.10. The molecule has 3 nitrogen and oxygen atoms in total. The molecule has 2 atom stereocenters. The smallest absolute Gasteiger partial charge is 0.224 e. The van der Waals surface area contributed by atoms with Crippen LogP contribution in [0.4, 0.5) is 0 Å². The highest BCUT2D eigenvalue weighted by Gasteiger charge is 2.26. The summed E-state index contributed by atoms with van der Waals surface area (Å²) in [7, 11) is 0. The lowest BCUT2D eigenvalue weighted by atomic mass is 9.96. The fraction of sp³-hybridized carbons (Fsp3) is 0.381. The lowest BCUT2D eigenvalue weighted by Gasteiger charge is -2.32. The Kier molecular flexibility index (Phi) is 6.27. The predicted molar refractivity (Wildman–Crippen MR) is 105 cm³/mol. The van der Waals surface area contributed by atoms with E-state index in [0.29, 0.717) is 0 Å². The molecule has 0 aliphatic carbocycles. The third-order valence-electron chi connectivity index (χ3n) is 4.83. The number of hydrogen-bond donors (Lipinski definition) is 1. The van der Waals surface area contributed by atoms with Crippen molar-refractivity contribution in [3.8, 4) is 0 Å². The van der Waals surface area contributed by atoms with Crippen LogP contribution < -0.4 is 5.32 Å². The number of benzene rings is 2. The number of nitrogens with one attached hydrogen (secondary N) is 1. The van der Waals surface area contributed by atoms with Crippen LogP contribution in [0.2, 0.25) is 0 Å². The van der Waals surface area contributed by atoms with Crippen molar-refractivity contribution < 1.29 is 4.79 Å². The van der Waals surface area contributed by atoms with Crippen molar-refractivity contribution in [3.05, 3.63) is 70.2 Å². The Morgan fingerprint density at radius 1 is 1.24 bits per heavy atom. The normalized spacial score (nSPS) is 19.4. The van der Waals surface area contributed by atoms with Gasteiger partial charge in [-0.05, 0) is 49.6 Å². The van der Waals surface area contributed by atoms with Crippen LogP contribution in [0.15, 0.2) is 59.1 Å². The molecular formula is C21H25BrN2O. The molecule has 2 unspecified atom stereocenters. The molecule has 1 N–H and O–H groups in total. The van der Waals surface area contributed by atoms with Crippen molar-refractivity contribution in [3.63, 3.8) is 0 Å². The number of nitrogens with zero attached hydrogens (tertiary/aromatic N) is 1. The van der Waals surface area contributed by atoms with Gasteiger partial charge in [0, 0.05) is 17.6 Å². The van der Waals surface area contributed by atoms with Gasteiger partial charge in [-0.3, -0.25) is 9.69 Å². The second-order valence-electron chi connectivity index (χ2n) is 6.85. The summed E-state index contributed by atoms with van der Waals surface area (Å²) in [6.45, 7) is 4.84. The lowest BCUT2D eigenvalue weighted by Crippen LogP contribution is -2.43. The number of hydrogen-bond acceptors (Lipinski definition) is 2. The molecule has 0 aromatic heterocycles. The third-order valence-corrected chi connectivity index (χ3v) is 5.32. The molecule has 1 aliphatic rings. The van der Waals surface area contributed by atoms with Crippen LogP contribution in [0.1, 0.15) is 36.9 Å². The highest BCUT2D eigenvalue weighted by Crippen LogP contribution is 2.21. The van der Waals surface area contributed by atoms with Crippen molar-refractivity contribution in [1.29, 1.82) is 0 Å². The molecule has 4 heteroatoms. The van der Waals surface area contributed by atoms with E-state index in [-0.39, 0.29) is 17.9 Å². The number of likely N-dealkylation sites (tertiary alicyclic amines) is 1. The molecule has 1 aliphatic heterocycles. The fourth-order valence-electron chi connectivity index (χ4n) is 3.46. The van der Waals surface area contributed by atoms with Gasteiger partial charge in [0.25, 0.3) is 0 Å². The van der Waals surface area contributed by atoms with Gasteiger partial charge in [0.05, 0.1) is 12.0 Å². The first kappa shape index (κ1) is 18.2. The summed E-state index contributed by atoms with van der Waals surface area (Å²) in [4.78, 5) is 15.1. The minimum absolute atomic E-state index is 0.0501. The molecule has 1 fully saturated rings. The molecule has 1 amide bonds. The van der Waals surface area contributed by atoms with Crippen LogP contribution >= 0.6 is 15.9 Å². The number of carbonyl (C=O) groups excluding carboxylic acids is 1. The Bertz CT molecular complexity index is 704. The van der Waals surface area contributed by atoms with E-state index in [2.05, 4.69) is 63.4 Å². The lowest BCUT2D eigenvalue weighted by molar-refractivity contribution is -0.127. The van der Waals surface area contributed by atoms with E-state index in [1.54, 1.807) is 0 Å². The summed E-state index contributed by atoms with van der Waals surface area (Å²) in [5.74, 6) is 0.252. The largest absolute Gasteiger partial charge is 0.349 e. The zero-order valence-corrected chi connectivity index (χ0v) is 16.2. The fourth-order valence-corrected chi connectivity index (χ4v) is 3.91. The highest BCUT2D eigenvalue weighted by atomic mass is 79.9. The molecule has 1 heterocycles. The van der Waals surface area contributed by atoms with E-state index in [0.717, 1.165) is 42.5 Å². The van der Waals surface area contributed by atoms with Crippen LogP contribution in [-0.4, -0.2) is 23.9 Å². The first-order chi connectivity index (χ1) is 12.1. The Hall–Kier alpha value is -1.65. The summed E-state index contributed by atoms with van der Waals surface area (Å²) in [6.07, 6.45) is 2.05. The second-order valence-corrected chi connectivity index (χ2v) is 7.76. The van der Waals surface area contributed by atoms with Crippen LogP contribution in [0.25, 0.3) is 0 Å². The maximum atomic E-state index is 12.7. The standard InChI is InChI=1S/C21H25BrN2O/c1-16(18-8-3-2-4-9-18)23-21(25)19-10-6-12-24(15-19)14-17-7-5-11-20(22)13-17/h2-5,7-9,11,13,16,19H,6,10,12,14-15H2,1H3,(H,23,25). The number of carbonyl (C=O) groups is 1. The molecule has 1 saturated heterocycles. The van der Waals surface area contributed by atoms with E-state index in [4.69, 9.17) is 0 Å². The molecule has 0 saturated carbocycles. The maximum absolute atomic E-state index is 12.7. The SMILES string of the molecule is CC(NC(=O)C1CCCN(Cc2cccc(Br)c2)C1)c1ccccc1. The maximum Gasteiger partial charge on any atom is 0.224 e. The van der Waals surface area contributed by atoms with Crippen LogP contribution in [-0.2, 0) is 11.3 Å². The van der Waals surface area contributed by atoms with Crippen molar-refractivity contribution in [2.24, 2.45) is 5.92 Å². The molecule has 0 radical (unpaired) electrons. The predicted octanol–water partition coefficient (Wildman–Crippen LogP) is 4.54. The Labute approximate surface area is 158 Å². The van der Waals surface area contributed by atoms with Crippen molar-refractivity contribution in [2.75, 3.05) is 13.1 Å². The molecule has 3 rings (SSSR count). The number of amides is 1. The molecule has 2 aromatic rings. The first-order valence-electron chi connectivity index (χ1n) is 8.94. The molecule has 0 bridgehead atoms. The molecular weight excluding hydrogens is 376 g/mol. The third kappa shape index (κ3) is 5.16. The average molecular weight is 401 g/mol. The van der Waals surface area contributed by atoms with E-state index in [1.165, 1.54) is 5.56 Å². The van der Waals surface area contributed by atoms with Gasteiger partial charge in [0.15, 0.2) is 0 Å². The topological polar surface area (TPSA) is 32.3 Å². The van der Waals surface area contributed by atoms with Crippen molar-refractivity contribution in [1.82, 2.24) is 10.2 Å². The van der Waals surface area contributed by atoms with Crippen LogP contribution in [0.5, 0.6) is 0 Å². The van der Waals surface area contributed by atoms with E-state index < -0.39 is 0 Å². The number of halogens is 1. The van der Waals surface area contributed by atoms with Gasteiger partial charge in [-0.2, -0.15) is 0 Å². The molecule has 25 heavy (non-hydrogen) atoms. The average Bonchev–Trinajstić information content (AvgIpc) is 2.62. The van der Waals surface area contributed by atoms with E-state index in [1.807, 2.05) is 24.3 Å². The number of rotatable bonds is 5. The van der Waals surface area contributed by atoms with Crippen molar-refractivity contribution in [2.45, 2.75) is 32.4 Å². The number of piperidine rings is 1. The summed E-state index contributed by atoms with van der Waals surface area (Å²) in [5.41, 5.74) is 2.44. The Balaban J connectivity index is 1.56. The highest BCUT2D eigenvalue weighted by molar-refractivity contribution is 9.10. The molecule has 0 spiro atoms. The van der Waals surface area contributed by atoms with Gasteiger partial charge in [-0.25, -0.2) is 0 Å². The van der Waals surface area contributed by atoms with Gasteiger partial charge < -0.3 is 5.32 Å². The molecule has 132 valence electrons. The van der Waals surface area contributed by atoms with Gasteiger partial charge in [-0.15, -0.1) is 0 Å². The minimum atomic E-state index is 0.0501. The zero-order valence-electron chi connectivity index (χ0n) is 14.6. The van der Waals surface area contributed by atoms with Gasteiger partial charge >= 0.3 is 0 Å². The van der Waals surface area contributed by atoms with Crippen molar-refractivity contribution >= 4 is 21.8 Å². The zero-order chi connectivity index (χ0) is 17.6. The second kappa shape index (κ2) is 8.63. The summed E-state index contributed by atoms with van der Waals surface area (Å²) in [6, 6.07) is 18.6. The molecule has 2 aromatic carbocycles. The van der Waals surface area contributed by atoms with Gasteiger partial charge in [0.1, 0.15) is 0 Å². The summed E-state index contributed by atoms with van der Waals surface area (Å²) >= 11 is 3.53. The van der Waals surface area contributed by atoms with Crippen LogP contribution in [0, 0.1) is 5.92 Å². The summed E-state index contributed by atoms with van der Waals surface area (Å²) in [5, 5.41) is 3.19. The Morgan fingerprint density at radius 3 is 2.80 bits per heavy atom. The van der Waals surface area contributed by atoms with E-state index >= 15 is 0 Å².